The van der Waals surface area contributed by atoms with E-state index >= 15 is 0 Å². The molecule has 8 rings (SSSR count). The average molecular weight is 792 g/mol. The molecule has 1 unspecified atom stereocenters. The van der Waals surface area contributed by atoms with Gasteiger partial charge in [-0.25, -0.2) is 22.2 Å². The maximum Gasteiger partial charge on any atom is 0.269 e. The fourth-order valence-electron chi connectivity index (χ4n) is 7.78. The van der Waals surface area contributed by atoms with Gasteiger partial charge in [-0.1, -0.05) is 50.3 Å². The summed E-state index contributed by atoms with van der Waals surface area (Å²) >= 11 is 0. The van der Waals surface area contributed by atoms with Gasteiger partial charge in [0, 0.05) is 68.8 Å². The number of fused-ring (bicyclic) bond motifs is 1. The Morgan fingerprint density at radius 1 is 0.857 bits per heavy atom. The van der Waals surface area contributed by atoms with E-state index in [9.17, 15) is 31.6 Å². The molecule has 4 fully saturated rings. The number of carbonyl (C=O) groups excluding carboxylic acids is 2. The fourth-order valence-corrected chi connectivity index (χ4v) is 9.29. The minimum atomic E-state index is -3.76. The maximum atomic E-state index is 13.7. The number of aromatic nitrogens is 3. The third-order valence-electron chi connectivity index (χ3n) is 11.0. The molecule has 1 aliphatic carbocycles. The Morgan fingerprint density at radius 3 is 2.27 bits per heavy atom. The van der Waals surface area contributed by atoms with E-state index in [0.29, 0.717) is 44.5 Å². The SMILES string of the molecule is C1CCCC1.O=C1CCC(c2cccc(OC3CCN(c4cccc(S(=O)(=O)N5CCC(Nc6ncc7cc(C(F)F)c(=O)[nH]c7n6)CC5)c4)CC3)c2)C(=O)N1. The van der Waals surface area contributed by atoms with E-state index in [1.165, 1.54) is 42.6 Å². The quantitative estimate of drug-likeness (QED) is 0.170. The van der Waals surface area contributed by atoms with E-state index in [1.54, 1.807) is 18.2 Å². The highest BCUT2D eigenvalue weighted by atomic mass is 32.2. The predicted molar refractivity (Wildman–Crippen MR) is 207 cm³/mol. The molecule has 1 saturated carbocycles. The summed E-state index contributed by atoms with van der Waals surface area (Å²) in [7, 11) is -3.76. The van der Waals surface area contributed by atoms with Gasteiger partial charge in [-0.3, -0.25) is 19.7 Å². The van der Waals surface area contributed by atoms with Crippen molar-refractivity contribution >= 4 is 44.5 Å². The number of imide groups is 1. The molecule has 0 spiro atoms. The first-order valence-corrected chi connectivity index (χ1v) is 20.9. The molecule has 0 radical (unpaired) electrons. The molecule has 16 heteroatoms. The molecule has 5 heterocycles. The van der Waals surface area contributed by atoms with Crippen molar-refractivity contribution in [1.29, 1.82) is 0 Å². The van der Waals surface area contributed by atoms with Crippen LogP contribution in [0.25, 0.3) is 11.0 Å². The van der Waals surface area contributed by atoms with Gasteiger partial charge in [0.15, 0.2) is 0 Å². The molecule has 56 heavy (non-hydrogen) atoms. The van der Waals surface area contributed by atoms with Crippen LogP contribution in [0.1, 0.15) is 94.1 Å². The lowest BCUT2D eigenvalue weighted by Gasteiger charge is -2.34. The lowest BCUT2D eigenvalue weighted by molar-refractivity contribution is -0.134. The third kappa shape index (κ3) is 9.35. The van der Waals surface area contributed by atoms with Gasteiger partial charge in [-0.05, 0) is 61.2 Å². The molecular weight excluding hydrogens is 745 g/mol. The second-order valence-electron chi connectivity index (χ2n) is 14.8. The average Bonchev–Trinajstić information content (AvgIpc) is 3.79. The van der Waals surface area contributed by atoms with Gasteiger partial charge in [0.1, 0.15) is 17.5 Å². The third-order valence-corrected chi connectivity index (χ3v) is 12.9. The lowest BCUT2D eigenvalue weighted by Crippen LogP contribution is -2.42. The van der Waals surface area contributed by atoms with Crippen molar-refractivity contribution < 1.29 is 31.5 Å². The van der Waals surface area contributed by atoms with E-state index in [1.807, 2.05) is 30.3 Å². The number of nitrogens with zero attached hydrogens (tertiary/aromatic N) is 4. The standard InChI is InChI=1S/C35H37F2N7O6S.C5H10/c36-31(37)29-18-22-20-38-35(42-32(22)41-34(29)47)39-23-9-15-44(16-10-23)51(48,49)27-6-2-4-24(19-27)43-13-11-25(12-14-43)50-26-5-1-3-21(17-26)28-7-8-30(45)40-33(28)46;1-2-4-5-3-1/h1-6,17-20,23,25,28,31H,7-16H2,(H,40,45,46)(H2,38,39,41,42,47);1-5H2. The van der Waals surface area contributed by atoms with Crippen LogP contribution in [0.5, 0.6) is 5.75 Å². The number of anilines is 2. The predicted octanol–water partition coefficient (Wildman–Crippen LogP) is 6.04. The van der Waals surface area contributed by atoms with Crippen LogP contribution in [-0.4, -0.2) is 77.8 Å². The van der Waals surface area contributed by atoms with Crippen molar-refractivity contribution in [1.82, 2.24) is 24.6 Å². The monoisotopic (exact) mass is 791 g/mol. The number of carbonyl (C=O) groups is 2. The molecule has 3 aliphatic heterocycles. The van der Waals surface area contributed by atoms with E-state index < -0.39 is 27.6 Å². The number of rotatable bonds is 9. The van der Waals surface area contributed by atoms with Crippen molar-refractivity contribution in [3.8, 4) is 5.75 Å². The number of benzene rings is 2. The van der Waals surface area contributed by atoms with Gasteiger partial charge in [-0.15, -0.1) is 0 Å². The van der Waals surface area contributed by atoms with Gasteiger partial charge < -0.3 is 19.9 Å². The van der Waals surface area contributed by atoms with Crippen molar-refractivity contribution in [2.75, 3.05) is 36.4 Å². The minimum absolute atomic E-state index is 0.0410. The number of aromatic amines is 1. The molecule has 3 saturated heterocycles. The van der Waals surface area contributed by atoms with Crippen molar-refractivity contribution in [3.05, 3.63) is 82.3 Å². The number of hydrogen-bond donors (Lipinski definition) is 3. The van der Waals surface area contributed by atoms with E-state index in [-0.39, 0.29) is 64.8 Å². The van der Waals surface area contributed by atoms with Crippen molar-refractivity contribution in [2.24, 2.45) is 0 Å². The molecule has 4 aromatic rings. The molecule has 298 valence electrons. The lowest BCUT2D eigenvalue weighted by atomic mass is 9.90. The molecular formula is C40H47F2N7O6S. The Bertz CT molecular complexity index is 2190. The Morgan fingerprint density at radius 2 is 1.57 bits per heavy atom. The van der Waals surface area contributed by atoms with Crippen LogP contribution in [0.3, 0.4) is 0 Å². The second kappa shape index (κ2) is 17.5. The number of hydrogen-bond acceptors (Lipinski definition) is 10. The molecule has 13 nitrogen and oxygen atoms in total. The van der Waals surface area contributed by atoms with Gasteiger partial charge in [0.25, 0.3) is 12.0 Å². The highest BCUT2D eigenvalue weighted by Crippen LogP contribution is 2.31. The number of alkyl halides is 2. The van der Waals surface area contributed by atoms with Crippen LogP contribution in [-0.2, 0) is 19.6 Å². The molecule has 2 amide bonds. The normalized spacial score (nSPS) is 20.1. The van der Waals surface area contributed by atoms with Crippen LogP contribution >= 0.6 is 0 Å². The molecule has 1 atom stereocenters. The van der Waals surface area contributed by atoms with E-state index in [2.05, 4.69) is 30.5 Å². The topological polar surface area (TPSA) is 167 Å². The Hall–Kier alpha value is -4.96. The number of pyridine rings is 1. The molecule has 0 bridgehead atoms. The summed E-state index contributed by atoms with van der Waals surface area (Å²) in [6, 6.07) is 15.4. The summed E-state index contributed by atoms with van der Waals surface area (Å²) < 4.78 is 61.3. The summed E-state index contributed by atoms with van der Waals surface area (Å²) in [5.74, 6) is -0.0247. The first-order chi connectivity index (χ1) is 27.0. The van der Waals surface area contributed by atoms with Crippen LogP contribution < -0.4 is 25.8 Å². The first kappa shape index (κ1) is 39.3. The zero-order chi connectivity index (χ0) is 39.2. The number of H-pyrrole nitrogens is 1. The Labute approximate surface area is 324 Å². The van der Waals surface area contributed by atoms with E-state index in [4.69, 9.17) is 4.74 Å². The largest absolute Gasteiger partial charge is 0.490 e. The highest BCUT2D eigenvalue weighted by molar-refractivity contribution is 7.89. The molecule has 3 N–H and O–H groups in total. The van der Waals surface area contributed by atoms with Crippen LogP contribution in [0, 0.1) is 0 Å². The number of ether oxygens (including phenoxy) is 1. The molecule has 2 aromatic heterocycles. The second-order valence-corrected chi connectivity index (χ2v) is 16.8. The summed E-state index contributed by atoms with van der Waals surface area (Å²) in [4.78, 5) is 49.1. The van der Waals surface area contributed by atoms with Crippen LogP contribution in [0.4, 0.5) is 20.4 Å². The van der Waals surface area contributed by atoms with Crippen molar-refractivity contribution in [2.45, 2.75) is 100 Å². The number of amides is 2. The van der Waals surface area contributed by atoms with Crippen molar-refractivity contribution in [3.63, 3.8) is 0 Å². The summed E-state index contributed by atoms with van der Waals surface area (Å²) in [5, 5.41) is 5.86. The van der Waals surface area contributed by atoms with Crippen LogP contribution in [0.2, 0.25) is 0 Å². The summed E-state index contributed by atoms with van der Waals surface area (Å²) in [5.41, 5.74) is 0.220. The van der Waals surface area contributed by atoms with Gasteiger partial charge in [0.2, 0.25) is 27.8 Å². The molecule has 4 aliphatic rings. The number of piperidine rings is 3. The number of halogens is 2. The van der Waals surface area contributed by atoms with E-state index in [0.717, 1.165) is 30.2 Å². The zero-order valence-corrected chi connectivity index (χ0v) is 31.9. The van der Waals surface area contributed by atoms with Gasteiger partial charge >= 0.3 is 0 Å². The highest BCUT2D eigenvalue weighted by Gasteiger charge is 2.31. The van der Waals surface area contributed by atoms with Gasteiger partial charge in [0.05, 0.1) is 16.4 Å². The number of sulfonamides is 1. The first-order valence-electron chi connectivity index (χ1n) is 19.4. The summed E-state index contributed by atoms with van der Waals surface area (Å²) in [6.07, 6.45) is 9.13. The summed E-state index contributed by atoms with van der Waals surface area (Å²) in [6.45, 7) is 1.91. The molecule has 2 aromatic carbocycles. The minimum Gasteiger partial charge on any atom is -0.490 e. The smallest absolute Gasteiger partial charge is 0.269 e. The Balaban J connectivity index is 0.000000891. The van der Waals surface area contributed by atoms with Gasteiger partial charge in [-0.2, -0.15) is 9.29 Å². The zero-order valence-electron chi connectivity index (χ0n) is 31.1. The number of nitrogens with one attached hydrogen (secondary N) is 3. The fraction of sp³-hybridized carbons (Fsp3) is 0.475. The maximum absolute atomic E-state index is 13.7. The van der Waals surface area contributed by atoms with Crippen LogP contribution in [0.15, 0.2) is 70.5 Å². The Kier molecular flexibility index (Phi) is 12.2.